The number of hydrogen-bond donors (Lipinski definition) is 2. The Balaban J connectivity index is 2.68. The molecule has 0 aliphatic heterocycles. The van der Waals surface area contributed by atoms with Crippen molar-refractivity contribution in [3.8, 4) is 0 Å². The van der Waals surface area contributed by atoms with Crippen LogP contribution in [-0.2, 0) is 11.3 Å². The molecule has 0 spiro atoms. The Kier molecular flexibility index (Phi) is 3.88. The summed E-state index contributed by atoms with van der Waals surface area (Å²) in [4.78, 5) is 10.2. The van der Waals surface area contributed by atoms with E-state index in [9.17, 15) is 4.79 Å². The van der Waals surface area contributed by atoms with Gasteiger partial charge in [-0.1, -0.05) is 24.3 Å². The lowest BCUT2D eigenvalue weighted by Crippen LogP contribution is -2.04. The van der Waals surface area contributed by atoms with Crippen molar-refractivity contribution in [1.82, 2.24) is 5.32 Å². The fourth-order valence-electron chi connectivity index (χ4n) is 1.12. The average molecular weight is 191 g/mol. The van der Waals surface area contributed by atoms with Crippen molar-refractivity contribution >= 4 is 12.0 Å². The quantitative estimate of drug-likeness (QED) is 0.709. The van der Waals surface area contributed by atoms with Crippen molar-refractivity contribution in [1.29, 1.82) is 0 Å². The number of rotatable bonds is 4. The maximum Gasteiger partial charge on any atom is 0.328 e. The van der Waals surface area contributed by atoms with Gasteiger partial charge >= 0.3 is 5.97 Å². The molecule has 1 rings (SSSR count). The molecule has 0 heterocycles. The minimum absolute atomic E-state index is 0.822. The molecule has 0 bridgehead atoms. The number of benzene rings is 1. The van der Waals surface area contributed by atoms with E-state index in [2.05, 4.69) is 5.32 Å². The minimum Gasteiger partial charge on any atom is -0.478 e. The second-order valence-corrected chi connectivity index (χ2v) is 2.94. The number of carbonyl (C=O) groups is 1. The highest BCUT2D eigenvalue weighted by Gasteiger charge is 1.91. The van der Waals surface area contributed by atoms with E-state index >= 15 is 0 Å². The van der Waals surface area contributed by atoms with Crippen LogP contribution in [0, 0.1) is 0 Å². The molecule has 0 saturated carbocycles. The van der Waals surface area contributed by atoms with Crippen LogP contribution in [0.25, 0.3) is 6.08 Å². The van der Waals surface area contributed by atoms with E-state index < -0.39 is 5.97 Å². The molecule has 0 aromatic heterocycles. The SMILES string of the molecule is CNCc1ccc(/C=C\C(=O)O)cc1. The number of hydrogen-bond acceptors (Lipinski definition) is 2. The van der Waals surface area contributed by atoms with Gasteiger partial charge in [0.1, 0.15) is 0 Å². The summed E-state index contributed by atoms with van der Waals surface area (Å²) in [5.41, 5.74) is 2.08. The van der Waals surface area contributed by atoms with Gasteiger partial charge in [-0.05, 0) is 24.3 Å². The maximum atomic E-state index is 10.2. The zero-order valence-electron chi connectivity index (χ0n) is 8.03. The van der Waals surface area contributed by atoms with Gasteiger partial charge < -0.3 is 10.4 Å². The van der Waals surface area contributed by atoms with Crippen LogP contribution in [0.3, 0.4) is 0 Å². The Hall–Kier alpha value is -1.61. The van der Waals surface area contributed by atoms with Gasteiger partial charge in [0.05, 0.1) is 0 Å². The van der Waals surface area contributed by atoms with Gasteiger partial charge in [0.15, 0.2) is 0 Å². The first kappa shape index (κ1) is 10.5. The Morgan fingerprint density at radius 3 is 2.57 bits per heavy atom. The van der Waals surface area contributed by atoms with Crippen molar-refractivity contribution in [3.63, 3.8) is 0 Å². The Morgan fingerprint density at radius 2 is 2.07 bits per heavy atom. The largest absolute Gasteiger partial charge is 0.478 e. The zero-order valence-corrected chi connectivity index (χ0v) is 8.03. The van der Waals surface area contributed by atoms with Crippen molar-refractivity contribution in [2.45, 2.75) is 6.54 Å². The van der Waals surface area contributed by atoms with E-state index in [1.807, 2.05) is 31.3 Å². The van der Waals surface area contributed by atoms with Crippen molar-refractivity contribution in [2.24, 2.45) is 0 Å². The zero-order chi connectivity index (χ0) is 10.4. The molecular weight excluding hydrogens is 178 g/mol. The number of carboxylic acids is 1. The lowest BCUT2D eigenvalue weighted by Gasteiger charge is -1.99. The minimum atomic E-state index is -0.927. The van der Waals surface area contributed by atoms with Gasteiger partial charge in [-0.3, -0.25) is 0 Å². The molecule has 0 radical (unpaired) electrons. The summed E-state index contributed by atoms with van der Waals surface area (Å²) in [6.07, 6.45) is 2.71. The lowest BCUT2D eigenvalue weighted by atomic mass is 10.1. The summed E-state index contributed by atoms with van der Waals surface area (Å²) in [7, 11) is 1.89. The van der Waals surface area contributed by atoms with Crippen LogP contribution in [0.15, 0.2) is 30.3 Å². The third kappa shape index (κ3) is 3.41. The smallest absolute Gasteiger partial charge is 0.328 e. The molecule has 0 fully saturated rings. The van der Waals surface area contributed by atoms with E-state index in [0.717, 1.165) is 18.2 Å². The molecule has 0 unspecified atom stereocenters. The number of aliphatic carboxylic acids is 1. The van der Waals surface area contributed by atoms with Crippen LogP contribution < -0.4 is 5.32 Å². The van der Waals surface area contributed by atoms with Gasteiger partial charge in [-0.15, -0.1) is 0 Å². The predicted octanol–water partition coefficient (Wildman–Crippen LogP) is 1.50. The van der Waals surface area contributed by atoms with Gasteiger partial charge in [0, 0.05) is 12.6 Å². The third-order valence-electron chi connectivity index (χ3n) is 1.78. The summed E-state index contributed by atoms with van der Waals surface area (Å²) in [6, 6.07) is 7.73. The summed E-state index contributed by atoms with van der Waals surface area (Å²) in [5, 5.41) is 11.5. The molecule has 3 nitrogen and oxygen atoms in total. The topological polar surface area (TPSA) is 49.3 Å². The average Bonchev–Trinajstić information content (AvgIpc) is 2.17. The fraction of sp³-hybridized carbons (Fsp3) is 0.182. The molecule has 3 heteroatoms. The van der Waals surface area contributed by atoms with Crippen molar-refractivity contribution in [3.05, 3.63) is 41.5 Å². The molecule has 0 atom stereocenters. The summed E-state index contributed by atoms with van der Waals surface area (Å²) in [6.45, 7) is 0.822. The maximum absolute atomic E-state index is 10.2. The summed E-state index contributed by atoms with van der Waals surface area (Å²) < 4.78 is 0. The lowest BCUT2D eigenvalue weighted by molar-refractivity contribution is -0.131. The van der Waals surface area contributed by atoms with Crippen LogP contribution in [-0.4, -0.2) is 18.1 Å². The second-order valence-electron chi connectivity index (χ2n) is 2.94. The van der Waals surface area contributed by atoms with Crippen LogP contribution in [0.4, 0.5) is 0 Å². The highest BCUT2D eigenvalue weighted by atomic mass is 16.4. The van der Waals surface area contributed by atoms with E-state index in [4.69, 9.17) is 5.11 Å². The molecule has 0 aliphatic rings. The first-order valence-electron chi connectivity index (χ1n) is 4.37. The normalized spacial score (nSPS) is 10.6. The van der Waals surface area contributed by atoms with Crippen LogP contribution in [0.2, 0.25) is 0 Å². The Morgan fingerprint density at radius 1 is 1.43 bits per heavy atom. The first-order valence-corrected chi connectivity index (χ1v) is 4.37. The third-order valence-corrected chi connectivity index (χ3v) is 1.78. The van der Waals surface area contributed by atoms with E-state index in [1.165, 1.54) is 5.56 Å². The second kappa shape index (κ2) is 5.19. The van der Waals surface area contributed by atoms with Gasteiger partial charge in [-0.25, -0.2) is 4.79 Å². The van der Waals surface area contributed by atoms with Crippen LogP contribution in [0.1, 0.15) is 11.1 Å². The van der Waals surface area contributed by atoms with Crippen LogP contribution in [0.5, 0.6) is 0 Å². The first-order chi connectivity index (χ1) is 6.72. The molecule has 2 N–H and O–H groups in total. The number of nitrogens with one attached hydrogen (secondary N) is 1. The van der Waals surface area contributed by atoms with E-state index in [-0.39, 0.29) is 0 Å². The fourth-order valence-corrected chi connectivity index (χ4v) is 1.12. The predicted molar refractivity (Wildman–Crippen MR) is 55.9 cm³/mol. The number of carboxylic acid groups (broad SMARTS) is 1. The molecule has 0 amide bonds. The van der Waals surface area contributed by atoms with E-state index in [1.54, 1.807) is 6.08 Å². The standard InChI is InChI=1S/C11H13NO2/c1-12-8-10-4-2-9(3-5-10)6-7-11(13)14/h2-7,12H,8H2,1H3,(H,13,14)/b7-6-. The molecule has 0 aliphatic carbocycles. The molecule has 1 aromatic rings. The van der Waals surface area contributed by atoms with Gasteiger partial charge in [0.2, 0.25) is 0 Å². The summed E-state index contributed by atoms with van der Waals surface area (Å²) >= 11 is 0. The molecule has 14 heavy (non-hydrogen) atoms. The van der Waals surface area contributed by atoms with Crippen molar-refractivity contribution < 1.29 is 9.90 Å². The Labute approximate surface area is 83.1 Å². The van der Waals surface area contributed by atoms with Gasteiger partial charge in [-0.2, -0.15) is 0 Å². The summed E-state index contributed by atoms with van der Waals surface area (Å²) in [5.74, 6) is -0.927. The molecule has 1 aromatic carbocycles. The molecule has 74 valence electrons. The highest BCUT2D eigenvalue weighted by Crippen LogP contribution is 2.05. The highest BCUT2D eigenvalue weighted by molar-refractivity contribution is 5.85. The van der Waals surface area contributed by atoms with Gasteiger partial charge in [0.25, 0.3) is 0 Å². The monoisotopic (exact) mass is 191 g/mol. The Bertz CT molecular complexity index is 328. The molecular formula is C11H13NO2. The van der Waals surface area contributed by atoms with E-state index in [0.29, 0.717) is 0 Å². The molecule has 0 saturated heterocycles. The van der Waals surface area contributed by atoms with Crippen LogP contribution >= 0.6 is 0 Å². The van der Waals surface area contributed by atoms with Crippen molar-refractivity contribution in [2.75, 3.05) is 7.05 Å².